The molecule has 0 aliphatic heterocycles. The Morgan fingerprint density at radius 1 is 1.25 bits per heavy atom. The number of nitrogens with two attached hydrogens (primary N) is 1. The van der Waals surface area contributed by atoms with Crippen molar-refractivity contribution < 1.29 is 5.11 Å². The highest BCUT2D eigenvalue weighted by atomic mass is 16.3. The summed E-state index contributed by atoms with van der Waals surface area (Å²) in [6.45, 7) is 3.74. The van der Waals surface area contributed by atoms with Crippen LogP contribution in [0.25, 0.3) is 6.08 Å². The number of benzene rings is 1. The van der Waals surface area contributed by atoms with E-state index >= 15 is 0 Å². The highest BCUT2D eigenvalue weighted by molar-refractivity contribution is 5.55. The lowest BCUT2D eigenvalue weighted by Crippen LogP contribution is -1.84. The largest absolute Gasteiger partial charge is 0.507 e. The first-order chi connectivity index (χ1) is 5.65. The van der Waals surface area contributed by atoms with Gasteiger partial charge < -0.3 is 10.8 Å². The van der Waals surface area contributed by atoms with Crippen molar-refractivity contribution in [3.63, 3.8) is 0 Å². The van der Waals surface area contributed by atoms with Crippen molar-refractivity contribution in [2.24, 2.45) is 5.73 Å². The van der Waals surface area contributed by atoms with Crippen molar-refractivity contribution in [1.82, 2.24) is 0 Å². The van der Waals surface area contributed by atoms with E-state index in [2.05, 4.69) is 0 Å². The molecule has 0 aromatic heterocycles. The molecule has 3 N–H and O–H groups in total. The van der Waals surface area contributed by atoms with Crippen LogP contribution in [0.15, 0.2) is 18.3 Å². The molecule has 0 radical (unpaired) electrons. The van der Waals surface area contributed by atoms with Gasteiger partial charge in [0.1, 0.15) is 5.75 Å². The number of phenols is 1. The lowest BCUT2D eigenvalue weighted by Gasteiger charge is -2.04. The van der Waals surface area contributed by atoms with E-state index in [0.29, 0.717) is 5.75 Å². The molecular formula is C10H13NO. The number of hydrogen-bond acceptors (Lipinski definition) is 2. The molecule has 0 unspecified atom stereocenters. The fourth-order valence-electron chi connectivity index (χ4n) is 1.20. The molecule has 0 aliphatic rings. The molecule has 0 bridgehead atoms. The summed E-state index contributed by atoms with van der Waals surface area (Å²) < 4.78 is 0. The van der Waals surface area contributed by atoms with Gasteiger partial charge in [0.2, 0.25) is 0 Å². The minimum absolute atomic E-state index is 0.365. The van der Waals surface area contributed by atoms with Crippen LogP contribution in [0, 0.1) is 13.8 Å². The lowest BCUT2D eigenvalue weighted by atomic mass is 10.1. The van der Waals surface area contributed by atoms with Crippen LogP contribution in [-0.2, 0) is 0 Å². The predicted molar refractivity (Wildman–Crippen MR) is 50.8 cm³/mol. The van der Waals surface area contributed by atoms with Crippen LogP contribution in [0.3, 0.4) is 0 Å². The molecule has 0 aliphatic carbocycles. The molecule has 2 nitrogen and oxygen atoms in total. The van der Waals surface area contributed by atoms with Gasteiger partial charge in [0.15, 0.2) is 0 Å². The third kappa shape index (κ3) is 1.59. The molecule has 0 fully saturated rings. The molecule has 0 atom stereocenters. The molecule has 1 aromatic rings. The molecule has 0 saturated heterocycles. The van der Waals surface area contributed by atoms with E-state index in [-0.39, 0.29) is 0 Å². The fourth-order valence-corrected chi connectivity index (χ4v) is 1.20. The third-order valence-corrected chi connectivity index (χ3v) is 1.80. The van der Waals surface area contributed by atoms with Crippen molar-refractivity contribution in [3.05, 3.63) is 35.0 Å². The second-order valence-electron chi connectivity index (χ2n) is 2.86. The average molecular weight is 163 g/mol. The molecule has 2 heteroatoms. The van der Waals surface area contributed by atoms with Gasteiger partial charge in [-0.2, -0.15) is 0 Å². The fraction of sp³-hybridized carbons (Fsp3) is 0.200. The van der Waals surface area contributed by atoms with Gasteiger partial charge in [0, 0.05) is 0 Å². The summed E-state index contributed by atoms with van der Waals surface area (Å²) in [5.41, 5.74) is 8.03. The molecule has 1 rings (SSSR count). The molecule has 64 valence electrons. The summed E-state index contributed by atoms with van der Waals surface area (Å²) in [6, 6.07) is 3.79. The molecule has 12 heavy (non-hydrogen) atoms. The van der Waals surface area contributed by atoms with Crippen molar-refractivity contribution in [2.45, 2.75) is 13.8 Å². The standard InChI is InChI=1S/C10H13NO/c1-7-5-9(3-4-11)6-8(2)10(7)12/h3-6,12H,11H2,1-2H3/b4-3+. The third-order valence-electron chi connectivity index (χ3n) is 1.80. The zero-order chi connectivity index (χ0) is 9.14. The summed E-state index contributed by atoms with van der Waals surface area (Å²) in [4.78, 5) is 0. The Bertz CT molecular complexity index is 293. The van der Waals surface area contributed by atoms with Gasteiger partial charge in [-0.15, -0.1) is 0 Å². The number of aryl methyl sites for hydroxylation is 2. The summed E-state index contributed by atoms with van der Waals surface area (Å²) in [5, 5.41) is 9.44. The van der Waals surface area contributed by atoms with Crippen LogP contribution >= 0.6 is 0 Å². The van der Waals surface area contributed by atoms with E-state index in [1.807, 2.05) is 26.0 Å². The first kappa shape index (κ1) is 8.65. The summed E-state index contributed by atoms with van der Waals surface area (Å²) in [7, 11) is 0. The van der Waals surface area contributed by atoms with Gasteiger partial charge in [0.05, 0.1) is 0 Å². The average Bonchev–Trinajstić information content (AvgIpc) is 2.01. The molecule has 0 amide bonds. The summed E-state index contributed by atoms with van der Waals surface area (Å²) >= 11 is 0. The number of hydrogen-bond donors (Lipinski definition) is 2. The summed E-state index contributed by atoms with van der Waals surface area (Å²) in [5.74, 6) is 0.365. The normalized spacial score (nSPS) is 10.8. The Balaban J connectivity index is 3.21. The maximum absolute atomic E-state index is 9.44. The van der Waals surface area contributed by atoms with Crippen molar-refractivity contribution >= 4 is 6.08 Å². The maximum atomic E-state index is 9.44. The van der Waals surface area contributed by atoms with Gasteiger partial charge in [-0.05, 0) is 54.9 Å². The molecule has 1 aromatic carbocycles. The highest BCUT2D eigenvalue weighted by Gasteiger charge is 2.00. The van der Waals surface area contributed by atoms with Gasteiger partial charge in [-0.3, -0.25) is 0 Å². The molecule has 0 heterocycles. The Hall–Kier alpha value is -1.44. The second-order valence-corrected chi connectivity index (χ2v) is 2.86. The van der Waals surface area contributed by atoms with Crippen LogP contribution in [0.5, 0.6) is 5.75 Å². The zero-order valence-electron chi connectivity index (χ0n) is 7.33. The van der Waals surface area contributed by atoms with Crippen LogP contribution < -0.4 is 5.73 Å². The van der Waals surface area contributed by atoms with Crippen LogP contribution in [0.4, 0.5) is 0 Å². The van der Waals surface area contributed by atoms with Crippen LogP contribution in [0.1, 0.15) is 16.7 Å². The van der Waals surface area contributed by atoms with Gasteiger partial charge in [-0.25, -0.2) is 0 Å². The molecule has 0 spiro atoms. The first-order valence-corrected chi connectivity index (χ1v) is 3.83. The minimum Gasteiger partial charge on any atom is -0.507 e. The molecule has 0 saturated carbocycles. The van der Waals surface area contributed by atoms with E-state index < -0.39 is 0 Å². The molecular weight excluding hydrogens is 150 g/mol. The minimum atomic E-state index is 0.365. The highest BCUT2D eigenvalue weighted by Crippen LogP contribution is 2.23. The van der Waals surface area contributed by atoms with Crippen LogP contribution in [-0.4, -0.2) is 5.11 Å². The number of rotatable bonds is 1. The van der Waals surface area contributed by atoms with E-state index in [1.165, 1.54) is 6.20 Å². The topological polar surface area (TPSA) is 46.2 Å². The smallest absolute Gasteiger partial charge is 0.121 e. The van der Waals surface area contributed by atoms with E-state index in [0.717, 1.165) is 16.7 Å². The Morgan fingerprint density at radius 2 is 1.75 bits per heavy atom. The lowest BCUT2D eigenvalue weighted by molar-refractivity contribution is 0.467. The number of aromatic hydroxyl groups is 1. The Labute approximate surface area is 72.3 Å². The predicted octanol–water partition coefficient (Wildman–Crippen LogP) is 1.94. The van der Waals surface area contributed by atoms with E-state index in [4.69, 9.17) is 5.73 Å². The second kappa shape index (κ2) is 3.30. The number of phenolic OH excluding ortho intramolecular Hbond substituents is 1. The van der Waals surface area contributed by atoms with E-state index in [1.54, 1.807) is 6.08 Å². The van der Waals surface area contributed by atoms with Crippen molar-refractivity contribution in [1.29, 1.82) is 0 Å². The monoisotopic (exact) mass is 163 g/mol. The van der Waals surface area contributed by atoms with Gasteiger partial charge >= 0.3 is 0 Å². The zero-order valence-corrected chi connectivity index (χ0v) is 7.33. The Kier molecular flexibility index (Phi) is 2.38. The quantitative estimate of drug-likeness (QED) is 0.664. The van der Waals surface area contributed by atoms with Crippen molar-refractivity contribution in [2.75, 3.05) is 0 Å². The van der Waals surface area contributed by atoms with Gasteiger partial charge in [-0.1, -0.05) is 0 Å². The van der Waals surface area contributed by atoms with Gasteiger partial charge in [0.25, 0.3) is 0 Å². The van der Waals surface area contributed by atoms with Crippen LogP contribution in [0.2, 0.25) is 0 Å². The van der Waals surface area contributed by atoms with E-state index in [9.17, 15) is 5.11 Å². The first-order valence-electron chi connectivity index (χ1n) is 3.83. The summed E-state index contributed by atoms with van der Waals surface area (Å²) in [6.07, 6.45) is 3.30. The maximum Gasteiger partial charge on any atom is 0.121 e. The van der Waals surface area contributed by atoms with Crippen molar-refractivity contribution in [3.8, 4) is 5.75 Å². The Morgan fingerprint density at radius 3 is 2.17 bits per heavy atom. The SMILES string of the molecule is Cc1cc(/C=C/N)cc(C)c1O.